The summed E-state index contributed by atoms with van der Waals surface area (Å²) in [4.78, 5) is 48.5. The number of rotatable bonds is 6. The van der Waals surface area contributed by atoms with E-state index in [4.69, 9.17) is 5.73 Å². The number of anilines is 2. The molecule has 0 atom stereocenters. The second kappa shape index (κ2) is 8.81. The van der Waals surface area contributed by atoms with Gasteiger partial charge in [-0.1, -0.05) is 6.07 Å². The van der Waals surface area contributed by atoms with Gasteiger partial charge in [0.05, 0.1) is 5.56 Å². The summed E-state index contributed by atoms with van der Waals surface area (Å²) in [6.07, 6.45) is 1.42. The number of urea groups is 1. The van der Waals surface area contributed by atoms with E-state index < -0.39 is 23.4 Å². The highest BCUT2D eigenvalue weighted by Crippen LogP contribution is 2.18. The Labute approximate surface area is 156 Å². The van der Waals surface area contributed by atoms with Crippen molar-refractivity contribution in [2.45, 2.75) is 6.42 Å². The Hall–Kier alpha value is -3.14. The lowest BCUT2D eigenvalue weighted by atomic mass is 10.2. The van der Waals surface area contributed by atoms with Gasteiger partial charge >= 0.3 is 6.03 Å². The van der Waals surface area contributed by atoms with E-state index in [9.17, 15) is 19.2 Å². The fourth-order valence-electron chi connectivity index (χ4n) is 1.98. The molecular formula is C16H16BrN5O4. The molecular weight excluding hydrogens is 406 g/mol. The van der Waals surface area contributed by atoms with Gasteiger partial charge in [0.1, 0.15) is 0 Å². The van der Waals surface area contributed by atoms with E-state index in [2.05, 4.69) is 36.9 Å². The first-order valence-electron chi connectivity index (χ1n) is 7.48. The van der Waals surface area contributed by atoms with Gasteiger partial charge in [-0.3, -0.25) is 14.4 Å². The van der Waals surface area contributed by atoms with Crippen molar-refractivity contribution in [3.8, 4) is 0 Å². The van der Waals surface area contributed by atoms with Crippen molar-refractivity contribution in [2.24, 2.45) is 5.73 Å². The second-order valence-corrected chi connectivity index (χ2v) is 6.05. The van der Waals surface area contributed by atoms with Crippen LogP contribution in [0.25, 0.3) is 0 Å². The van der Waals surface area contributed by atoms with Crippen LogP contribution in [-0.2, 0) is 4.79 Å². The van der Waals surface area contributed by atoms with Crippen LogP contribution >= 0.6 is 15.9 Å². The number of nitrogens with two attached hydrogens (primary N) is 1. The molecule has 0 fully saturated rings. The molecule has 0 aliphatic heterocycles. The second-order valence-electron chi connectivity index (χ2n) is 5.19. The van der Waals surface area contributed by atoms with Crippen molar-refractivity contribution in [2.75, 3.05) is 17.2 Å². The van der Waals surface area contributed by atoms with Gasteiger partial charge in [0, 0.05) is 41.1 Å². The topological polar surface area (TPSA) is 146 Å². The van der Waals surface area contributed by atoms with Crippen LogP contribution in [0, 0.1) is 0 Å². The molecule has 0 aliphatic rings. The lowest BCUT2D eigenvalue weighted by Crippen LogP contribution is -2.31. The van der Waals surface area contributed by atoms with E-state index in [0.29, 0.717) is 15.8 Å². The summed E-state index contributed by atoms with van der Waals surface area (Å²) in [5, 5.41) is 7.69. The molecule has 9 nitrogen and oxygen atoms in total. The number of carbonyl (C=O) groups is 3. The number of amides is 4. The van der Waals surface area contributed by atoms with Crippen LogP contribution in [0.4, 0.5) is 16.2 Å². The quantitative estimate of drug-likeness (QED) is 0.479. The monoisotopic (exact) mass is 421 g/mol. The Morgan fingerprint density at radius 2 is 1.81 bits per heavy atom. The maximum atomic E-state index is 12.3. The van der Waals surface area contributed by atoms with Gasteiger partial charge < -0.3 is 26.7 Å². The highest BCUT2D eigenvalue weighted by Gasteiger charge is 2.11. The lowest BCUT2D eigenvalue weighted by molar-refractivity contribution is -0.117. The summed E-state index contributed by atoms with van der Waals surface area (Å²) >= 11 is 3.20. The average Bonchev–Trinajstić information content (AvgIpc) is 2.57. The number of aromatic amines is 1. The minimum atomic E-state index is -0.513. The van der Waals surface area contributed by atoms with Crippen molar-refractivity contribution in [1.29, 1.82) is 0 Å². The number of H-pyrrole nitrogens is 1. The van der Waals surface area contributed by atoms with Gasteiger partial charge in [-0.2, -0.15) is 0 Å². The van der Waals surface area contributed by atoms with Crippen LogP contribution in [-0.4, -0.2) is 29.4 Å². The molecule has 2 aromatic rings. The highest BCUT2D eigenvalue weighted by atomic mass is 79.9. The highest BCUT2D eigenvalue weighted by molar-refractivity contribution is 9.10. The maximum absolute atomic E-state index is 12.3. The maximum Gasteiger partial charge on any atom is 0.319 e. The molecule has 0 saturated carbocycles. The molecule has 6 N–H and O–H groups in total. The van der Waals surface area contributed by atoms with Crippen molar-refractivity contribution < 1.29 is 14.4 Å². The first-order valence-corrected chi connectivity index (χ1v) is 8.27. The third kappa shape index (κ3) is 5.74. The van der Waals surface area contributed by atoms with E-state index in [1.54, 1.807) is 24.3 Å². The molecule has 0 unspecified atom stereocenters. The number of aromatic nitrogens is 1. The molecule has 0 bridgehead atoms. The van der Waals surface area contributed by atoms with Crippen molar-refractivity contribution in [1.82, 2.24) is 10.3 Å². The predicted octanol–water partition coefficient (Wildman–Crippen LogP) is 1.39. The van der Waals surface area contributed by atoms with Crippen LogP contribution in [0.15, 0.2) is 45.8 Å². The normalized spacial score (nSPS) is 10.0. The summed E-state index contributed by atoms with van der Waals surface area (Å²) in [5.41, 5.74) is 5.63. The molecule has 1 aromatic carbocycles. The van der Waals surface area contributed by atoms with Crippen molar-refractivity contribution >= 4 is 45.2 Å². The van der Waals surface area contributed by atoms with Crippen LogP contribution in [0.5, 0.6) is 0 Å². The molecule has 1 aromatic heterocycles. The molecule has 0 saturated heterocycles. The summed E-state index contributed by atoms with van der Waals surface area (Å²) in [7, 11) is 0. The lowest BCUT2D eigenvalue weighted by Gasteiger charge is -2.10. The Morgan fingerprint density at radius 3 is 2.50 bits per heavy atom. The summed E-state index contributed by atoms with van der Waals surface area (Å²) in [5.74, 6) is -0.994. The Morgan fingerprint density at radius 1 is 1.12 bits per heavy atom. The summed E-state index contributed by atoms with van der Waals surface area (Å²) in [6, 6.07) is 7.12. The number of hydrogen-bond donors (Lipinski definition) is 5. The standard InChI is InChI=1S/C16H16BrN5O4/c17-12-8-20-14(24)7-11(12)15(25)21-9-2-1-3-10(6-9)22-16(26)19-5-4-13(18)23/h1-3,6-8H,4-5H2,(H2,18,23)(H,20,24)(H,21,25)(H2,19,22,26). The van der Waals surface area contributed by atoms with Crippen LogP contribution in [0.2, 0.25) is 0 Å². The van der Waals surface area contributed by atoms with E-state index in [1.165, 1.54) is 12.3 Å². The number of carbonyl (C=O) groups excluding carboxylic acids is 3. The van der Waals surface area contributed by atoms with Crippen LogP contribution in [0.3, 0.4) is 0 Å². The van der Waals surface area contributed by atoms with Crippen LogP contribution < -0.4 is 27.2 Å². The summed E-state index contributed by atoms with van der Waals surface area (Å²) in [6.45, 7) is 0.119. The smallest absolute Gasteiger partial charge is 0.319 e. The Kier molecular flexibility index (Phi) is 6.50. The van der Waals surface area contributed by atoms with E-state index in [1.807, 2.05) is 0 Å². The largest absolute Gasteiger partial charge is 0.370 e. The number of pyridine rings is 1. The van der Waals surface area contributed by atoms with E-state index in [0.717, 1.165) is 0 Å². The predicted molar refractivity (Wildman–Crippen MR) is 100.0 cm³/mol. The molecule has 136 valence electrons. The third-order valence-corrected chi connectivity index (χ3v) is 3.81. The average molecular weight is 422 g/mol. The number of nitrogens with one attached hydrogen (secondary N) is 4. The number of benzene rings is 1. The molecule has 0 radical (unpaired) electrons. The van der Waals surface area contributed by atoms with Gasteiger partial charge in [0.2, 0.25) is 11.5 Å². The SMILES string of the molecule is NC(=O)CCNC(=O)Nc1cccc(NC(=O)c2cc(=O)[nH]cc2Br)c1. The van der Waals surface area contributed by atoms with Gasteiger partial charge in [-0.25, -0.2) is 4.79 Å². The fraction of sp³-hybridized carbons (Fsp3) is 0.125. The van der Waals surface area contributed by atoms with Crippen LogP contribution in [0.1, 0.15) is 16.8 Å². The van der Waals surface area contributed by atoms with Crippen molar-refractivity contribution in [3.63, 3.8) is 0 Å². The first kappa shape index (κ1) is 19.2. The van der Waals surface area contributed by atoms with E-state index >= 15 is 0 Å². The minimum Gasteiger partial charge on any atom is -0.370 e. The molecule has 1 heterocycles. The first-order chi connectivity index (χ1) is 12.3. The van der Waals surface area contributed by atoms with E-state index in [-0.39, 0.29) is 18.5 Å². The third-order valence-electron chi connectivity index (χ3n) is 3.15. The molecule has 0 spiro atoms. The number of halogens is 1. The molecule has 10 heteroatoms. The fourth-order valence-corrected chi connectivity index (χ4v) is 2.38. The zero-order chi connectivity index (χ0) is 19.1. The van der Waals surface area contributed by atoms with Gasteiger partial charge in [0.25, 0.3) is 5.91 Å². The molecule has 2 rings (SSSR count). The zero-order valence-corrected chi connectivity index (χ0v) is 15.1. The number of hydrogen-bond acceptors (Lipinski definition) is 4. The van der Waals surface area contributed by atoms with Gasteiger partial charge in [-0.15, -0.1) is 0 Å². The molecule has 4 amide bonds. The Bertz CT molecular complexity index is 896. The Balaban J connectivity index is 2.01. The van der Waals surface area contributed by atoms with Gasteiger partial charge in [0.15, 0.2) is 0 Å². The zero-order valence-electron chi connectivity index (χ0n) is 13.5. The number of primary amides is 1. The van der Waals surface area contributed by atoms with Crippen molar-refractivity contribution in [3.05, 3.63) is 56.9 Å². The van der Waals surface area contributed by atoms with Gasteiger partial charge in [-0.05, 0) is 34.1 Å². The summed E-state index contributed by atoms with van der Waals surface area (Å²) < 4.78 is 0.442. The molecule has 26 heavy (non-hydrogen) atoms. The minimum absolute atomic E-state index is 0.0363. The molecule has 0 aliphatic carbocycles.